The molecule has 5 heteroatoms. The monoisotopic (exact) mass is 389 g/mol. The minimum Gasteiger partial charge on any atom is -0.396 e. The van der Waals surface area contributed by atoms with Crippen LogP contribution in [0.4, 0.5) is 5.69 Å². The predicted molar refractivity (Wildman–Crippen MR) is 119 cm³/mol. The van der Waals surface area contributed by atoms with E-state index >= 15 is 0 Å². The van der Waals surface area contributed by atoms with Crippen molar-refractivity contribution in [3.8, 4) is 11.1 Å². The lowest BCUT2D eigenvalue weighted by molar-refractivity contribution is 0.102. The molecule has 2 aromatic carbocycles. The van der Waals surface area contributed by atoms with E-state index in [0.29, 0.717) is 12.2 Å². The Hall–Kier alpha value is -3.34. The number of rotatable bonds is 7. The van der Waals surface area contributed by atoms with Crippen molar-refractivity contribution in [2.75, 3.05) is 11.9 Å². The van der Waals surface area contributed by atoms with Crippen molar-refractivity contribution < 1.29 is 9.63 Å². The third-order valence-corrected chi connectivity index (χ3v) is 4.66. The van der Waals surface area contributed by atoms with Crippen LogP contribution in [0.2, 0.25) is 0 Å². The Kier molecular flexibility index (Phi) is 6.50. The van der Waals surface area contributed by atoms with Gasteiger partial charge in [0.15, 0.2) is 0 Å². The molecule has 0 aliphatic rings. The lowest BCUT2D eigenvalue weighted by atomic mass is 10.0. The number of anilines is 1. The van der Waals surface area contributed by atoms with Crippen molar-refractivity contribution in [2.24, 2.45) is 12.2 Å². The quantitative estimate of drug-likeness (QED) is 0.432. The Labute approximate surface area is 172 Å². The number of hydrogen-bond acceptors (Lipinski definition) is 3. The highest BCUT2D eigenvalue weighted by molar-refractivity contribution is 6.07. The van der Waals surface area contributed by atoms with E-state index in [4.69, 9.17) is 4.84 Å². The SMILES string of the molecule is CCON=Cc1ccc(-c2ccccc2NC(=O)c2cn(C)cc2C(C)C)cc1. The molecule has 5 nitrogen and oxygen atoms in total. The Morgan fingerprint density at radius 3 is 2.55 bits per heavy atom. The summed E-state index contributed by atoms with van der Waals surface area (Å²) >= 11 is 0. The van der Waals surface area contributed by atoms with E-state index in [1.807, 2.05) is 79.5 Å². The van der Waals surface area contributed by atoms with Crippen LogP contribution in [0.1, 0.15) is 48.2 Å². The minimum absolute atomic E-state index is 0.0952. The molecule has 3 aromatic rings. The van der Waals surface area contributed by atoms with Crippen LogP contribution in [0.5, 0.6) is 0 Å². The number of amides is 1. The fourth-order valence-corrected chi connectivity index (χ4v) is 3.21. The highest BCUT2D eigenvalue weighted by Crippen LogP contribution is 2.29. The molecular formula is C24H27N3O2. The molecule has 0 fully saturated rings. The molecule has 0 spiro atoms. The number of nitrogens with one attached hydrogen (secondary N) is 1. The molecular weight excluding hydrogens is 362 g/mol. The molecule has 1 amide bonds. The minimum atomic E-state index is -0.0952. The summed E-state index contributed by atoms with van der Waals surface area (Å²) in [6, 6.07) is 15.8. The number of aryl methyl sites for hydroxylation is 1. The van der Waals surface area contributed by atoms with Gasteiger partial charge in [0, 0.05) is 30.7 Å². The molecule has 0 saturated heterocycles. The highest BCUT2D eigenvalue weighted by atomic mass is 16.6. The van der Waals surface area contributed by atoms with Gasteiger partial charge < -0.3 is 14.7 Å². The molecule has 0 saturated carbocycles. The number of carbonyl (C=O) groups excluding carboxylic acids is 1. The van der Waals surface area contributed by atoms with Gasteiger partial charge >= 0.3 is 0 Å². The van der Waals surface area contributed by atoms with Crippen LogP contribution in [0, 0.1) is 0 Å². The zero-order valence-corrected chi connectivity index (χ0v) is 17.3. The number of benzene rings is 2. The molecule has 0 unspecified atom stereocenters. The van der Waals surface area contributed by atoms with Crippen molar-refractivity contribution in [3.05, 3.63) is 77.6 Å². The maximum Gasteiger partial charge on any atom is 0.257 e. The standard InChI is InChI=1S/C24H27N3O2/c1-5-29-25-14-18-10-12-19(13-11-18)20-8-6-7-9-23(20)26-24(28)22-16-27(4)15-21(22)17(2)3/h6-17H,5H2,1-4H3,(H,26,28). The summed E-state index contributed by atoms with van der Waals surface area (Å²) < 4.78 is 1.93. The number of oxime groups is 1. The summed E-state index contributed by atoms with van der Waals surface area (Å²) in [7, 11) is 1.94. The molecule has 3 rings (SSSR count). The van der Waals surface area contributed by atoms with Gasteiger partial charge in [-0.25, -0.2) is 0 Å². The molecule has 0 aliphatic carbocycles. The van der Waals surface area contributed by atoms with Crippen molar-refractivity contribution in [1.29, 1.82) is 0 Å². The first-order valence-corrected chi connectivity index (χ1v) is 9.81. The molecule has 150 valence electrons. The second-order valence-electron chi connectivity index (χ2n) is 7.22. The van der Waals surface area contributed by atoms with E-state index in [9.17, 15) is 4.79 Å². The van der Waals surface area contributed by atoms with E-state index < -0.39 is 0 Å². The zero-order chi connectivity index (χ0) is 20.8. The van der Waals surface area contributed by atoms with Crippen LogP contribution in [0.25, 0.3) is 11.1 Å². The summed E-state index contributed by atoms with van der Waals surface area (Å²) in [6.07, 6.45) is 5.57. The summed E-state index contributed by atoms with van der Waals surface area (Å²) in [6.45, 7) is 6.62. The zero-order valence-electron chi connectivity index (χ0n) is 17.3. The van der Waals surface area contributed by atoms with Crippen LogP contribution < -0.4 is 5.32 Å². The van der Waals surface area contributed by atoms with Crippen LogP contribution in [-0.4, -0.2) is 23.3 Å². The third kappa shape index (κ3) is 4.93. The van der Waals surface area contributed by atoms with Gasteiger partial charge in [-0.1, -0.05) is 61.5 Å². The average Bonchev–Trinajstić information content (AvgIpc) is 3.12. The summed E-state index contributed by atoms with van der Waals surface area (Å²) in [5.41, 5.74) is 5.48. The van der Waals surface area contributed by atoms with Crippen LogP contribution >= 0.6 is 0 Å². The molecule has 0 aliphatic heterocycles. The van der Waals surface area contributed by atoms with Gasteiger partial charge in [-0.3, -0.25) is 4.79 Å². The Morgan fingerprint density at radius 2 is 1.86 bits per heavy atom. The van der Waals surface area contributed by atoms with Gasteiger partial charge in [0.25, 0.3) is 5.91 Å². The first-order valence-electron chi connectivity index (χ1n) is 9.81. The third-order valence-electron chi connectivity index (χ3n) is 4.66. The van der Waals surface area contributed by atoms with Crippen LogP contribution in [0.15, 0.2) is 66.1 Å². The average molecular weight is 389 g/mol. The number of carbonyl (C=O) groups is 1. The Bertz CT molecular complexity index is 1000. The van der Waals surface area contributed by atoms with E-state index in [0.717, 1.165) is 27.9 Å². The molecule has 0 radical (unpaired) electrons. The normalized spacial score (nSPS) is 11.2. The van der Waals surface area contributed by atoms with Crippen molar-refractivity contribution in [1.82, 2.24) is 4.57 Å². The van der Waals surface area contributed by atoms with Gasteiger partial charge in [-0.2, -0.15) is 0 Å². The van der Waals surface area contributed by atoms with Crippen LogP contribution in [0.3, 0.4) is 0 Å². The largest absolute Gasteiger partial charge is 0.396 e. The second-order valence-corrected chi connectivity index (χ2v) is 7.22. The molecule has 0 bridgehead atoms. The molecule has 1 N–H and O–H groups in total. The van der Waals surface area contributed by atoms with Gasteiger partial charge in [-0.15, -0.1) is 0 Å². The van der Waals surface area contributed by atoms with Crippen LogP contribution in [-0.2, 0) is 11.9 Å². The first kappa shape index (κ1) is 20.4. The van der Waals surface area contributed by atoms with Gasteiger partial charge in [0.1, 0.15) is 6.61 Å². The molecule has 1 aromatic heterocycles. The number of hydrogen-bond donors (Lipinski definition) is 1. The molecule has 1 heterocycles. The summed E-state index contributed by atoms with van der Waals surface area (Å²) in [4.78, 5) is 18.0. The summed E-state index contributed by atoms with van der Waals surface area (Å²) in [5.74, 6) is 0.181. The maximum atomic E-state index is 13.0. The van der Waals surface area contributed by atoms with E-state index in [1.165, 1.54) is 0 Å². The van der Waals surface area contributed by atoms with Gasteiger partial charge in [-0.05, 0) is 35.6 Å². The first-order chi connectivity index (χ1) is 14.0. The topological polar surface area (TPSA) is 55.6 Å². The van der Waals surface area contributed by atoms with E-state index in [-0.39, 0.29) is 11.8 Å². The lowest BCUT2D eigenvalue weighted by Gasteiger charge is -2.13. The van der Waals surface area contributed by atoms with Crippen molar-refractivity contribution in [2.45, 2.75) is 26.7 Å². The van der Waals surface area contributed by atoms with Crippen molar-refractivity contribution in [3.63, 3.8) is 0 Å². The lowest BCUT2D eigenvalue weighted by Crippen LogP contribution is -2.14. The molecule has 0 atom stereocenters. The smallest absolute Gasteiger partial charge is 0.257 e. The second kappa shape index (κ2) is 9.24. The number of aromatic nitrogens is 1. The maximum absolute atomic E-state index is 13.0. The van der Waals surface area contributed by atoms with Gasteiger partial charge in [0.05, 0.1) is 11.8 Å². The van der Waals surface area contributed by atoms with E-state index in [1.54, 1.807) is 6.21 Å². The van der Waals surface area contributed by atoms with Crippen molar-refractivity contribution >= 4 is 17.8 Å². The Morgan fingerprint density at radius 1 is 1.14 bits per heavy atom. The number of nitrogens with zero attached hydrogens (tertiary/aromatic N) is 2. The molecule has 29 heavy (non-hydrogen) atoms. The highest BCUT2D eigenvalue weighted by Gasteiger charge is 2.17. The summed E-state index contributed by atoms with van der Waals surface area (Å²) in [5, 5.41) is 6.99. The predicted octanol–water partition coefficient (Wildman–Crippen LogP) is 5.44. The van der Waals surface area contributed by atoms with Gasteiger partial charge in [0.2, 0.25) is 0 Å². The fraction of sp³-hybridized carbons (Fsp3) is 0.250. The Balaban J connectivity index is 1.85. The number of para-hydroxylation sites is 1. The van der Waals surface area contributed by atoms with E-state index in [2.05, 4.69) is 24.3 Å². The fourth-order valence-electron chi connectivity index (χ4n) is 3.21.